The van der Waals surface area contributed by atoms with Gasteiger partial charge >= 0.3 is 0 Å². The Morgan fingerprint density at radius 1 is 1.45 bits per heavy atom. The molecule has 1 aliphatic rings. The van der Waals surface area contributed by atoms with Crippen molar-refractivity contribution in [2.24, 2.45) is 11.3 Å². The summed E-state index contributed by atoms with van der Waals surface area (Å²) in [6, 6.07) is 6.61. The summed E-state index contributed by atoms with van der Waals surface area (Å²) in [6.45, 7) is 8.47. The molecule has 1 unspecified atom stereocenters. The van der Waals surface area contributed by atoms with Crippen LogP contribution in [0.1, 0.15) is 32.8 Å². The van der Waals surface area contributed by atoms with E-state index in [1.54, 1.807) is 6.07 Å². The molecule has 5 nitrogen and oxygen atoms in total. The summed E-state index contributed by atoms with van der Waals surface area (Å²) >= 11 is 0. The lowest BCUT2D eigenvalue weighted by molar-refractivity contribution is -0.384. The van der Waals surface area contributed by atoms with Crippen molar-refractivity contribution in [2.75, 3.05) is 18.0 Å². The predicted molar refractivity (Wildman–Crippen MR) is 77.6 cm³/mol. The number of anilines is 1. The van der Waals surface area contributed by atoms with E-state index in [1.165, 1.54) is 12.1 Å². The third-order valence-corrected chi connectivity index (χ3v) is 4.07. The first-order valence-electron chi connectivity index (χ1n) is 6.76. The van der Waals surface area contributed by atoms with E-state index in [1.807, 2.05) is 0 Å². The van der Waals surface area contributed by atoms with Crippen molar-refractivity contribution in [1.29, 1.82) is 5.26 Å². The number of rotatable bonds is 2. The molecule has 1 fully saturated rings. The van der Waals surface area contributed by atoms with Gasteiger partial charge in [0.05, 0.1) is 16.2 Å². The van der Waals surface area contributed by atoms with Crippen molar-refractivity contribution >= 4 is 11.4 Å². The number of nitro groups is 1. The van der Waals surface area contributed by atoms with Gasteiger partial charge in [0.25, 0.3) is 5.69 Å². The van der Waals surface area contributed by atoms with Crippen LogP contribution in [-0.4, -0.2) is 18.0 Å². The summed E-state index contributed by atoms with van der Waals surface area (Å²) in [5.74, 6) is 0.573. The highest BCUT2D eigenvalue weighted by Crippen LogP contribution is 2.37. The molecule has 1 aliphatic heterocycles. The lowest BCUT2D eigenvalue weighted by Gasteiger charge is -2.27. The van der Waals surface area contributed by atoms with Crippen LogP contribution in [0.15, 0.2) is 18.2 Å². The second-order valence-electron chi connectivity index (χ2n) is 6.37. The second-order valence-corrected chi connectivity index (χ2v) is 6.37. The van der Waals surface area contributed by atoms with Gasteiger partial charge in [-0.05, 0) is 23.8 Å². The Morgan fingerprint density at radius 3 is 2.65 bits per heavy atom. The molecule has 106 valence electrons. The van der Waals surface area contributed by atoms with Crippen molar-refractivity contribution in [3.63, 3.8) is 0 Å². The number of nitro benzene ring substituents is 1. The Bertz CT molecular complexity index is 569. The van der Waals surface area contributed by atoms with Crippen LogP contribution in [0.3, 0.4) is 0 Å². The minimum atomic E-state index is -0.466. The zero-order valence-corrected chi connectivity index (χ0v) is 12.1. The number of nitriles is 1. The van der Waals surface area contributed by atoms with Crippen LogP contribution in [-0.2, 0) is 0 Å². The molecule has 1 aromatic carbocycles. The lowest BCUT2D eigenvalue weighted by atomic mass is 9.80. The van der Waals surface area contributed by atoms with Gasteiger partial charge in [0.2, 0.25) is 0 Å². The first-order chi connectivity index (χ1) is 9.32. The Balaban J connectivity index is 2.27. The van der Waals surface area contributed by atoms with Crippen molar-refractivity contribution < 1.29 is 4.92 Å². The molecule has 1 heterocycles. The van der Waals surface area contributed by atoms with Gasteiger partial charge in [0, 0.05) is 25.2 Å². The van der Waals surface area contributed by atoms with Crippen LogP contribution in [0.25, 0.3) is 0 Å². The van der Waals surface area contributed by atoms with Crippen LogP contribution < -0.4 is 4.90 Å². The highest BCUT2D eigenvalue weighted by molar-refractivity contribution is 5.63. The minimum absolute atomic E-state index is 0.0307. The number of hydrogen-bond acceptors (Lipinski definition) is 4. The molecular formula is C15H19N3O2. The Labute approximate surface area is 119 Å². The highest BCUT2D eigenvalue weighted by Gasteiger charge is 2.32. The molecule has 1 saturated heterocycles. The smallest absolute Gasteiger partial charge is 0.270 e. The van der Waals surface area contributed by atoms with Gasteiger partial charge < -0.3 is 4.90 Å². The zero-order valence-electron chi connectivity index (χ0n) is 12.1. The number of non-ortho nitro benzene ring substituents is 1. The maximum atomic E-state index is 10.8. The van der Waals surface area contributed by atoms with Gasteiger partial charge in [-0.2, -0.15) is 5.26 Å². The van der Waals surface area contributed by atoms with Crippen LogP contribution in [0.2, 0.25) is 0 Å². The lowest BCUT2D eigenvalue weighted by Crippen LogP contribution is -2.26. The average Bonchev–Trinajstić information content (AvgIpc) is 2.87. The molecule has 0 aromatic heterocycles. The first-order valence-corrected chi connectivity index (χ1v) is 6.76. The molecule has 1 aromatic rings. The molecule has 20 heavy (non-hydrogen) atoms. The van der Waals surface area contributed by atoms with Gasteiger partial charge in [-0.15, -0.1) is 0 Å². The maximum Gasteiger partial charge on any atom is 0.270 e. The summed E-state index contributed by atoms with van der Waals surface area (Å²) in [6.07, 6.45) is 1.09. The molecule has 0 saturated carbocycles. The zero-order chi connectivity index (χ0) is 14.9. The third kappa shape index (κ3) is 2.74. The van der Waals surface area contributed by atoms with Crippen molar-refractivity contribution in [1.82, 2.24) is 0 Å². The van der Waals surface area contributed by atoms with E-state index >= 15 is 0 Å². The Hall–Kier alpha value is -2.09. The van der Waals surface area contributed by atoms with Gasteiger partial charge in [0.15, 0.2) is 0 Å². The predicted octanol–water partition coefficient (Wildman–Crippen LogP) is 3.34. The minimum Gasteiger partial charge on any atom is -0.370 e. The second kappa shape index (κ2) is 5.12. The van der Waals surface area contributed by atoms with E-state index in [9.17, 15) is 15.4 Å². The van der Waals surface area contributed by atoms with E-state index in [0.29, 0.717) is 11.5 Å². The summed E-state index contributed by atoms with van der Waals surface area (Å²) in [5.41, 5.74) is 1.40. The van der Waals surface area contributed by atoms with Gasteiger partial charge in [-0.25, -0.2) is 0 Å². The molecule has 5 heteroatoms. The fourth-order valence-corrected chi connectivity index (χ4v) is 2.69. The topological polar surface area (TPSA) is 70.2 Å². The molecule has 0 radical (unpaired) electrons. The van der Waals surface area contributed by atoms with Crippen molar-refractivity contribution in [2.45, 2.75) is 27.2 Å². The van der Waals surface area contributed by atoms with E-state index in [-0.39, 0.29) is 11.1 Å². The van der Waals surface area contributed by atoms with Crippen LogP contribution >= 0.6 is 0 Å². The SMILES string of the molecule is CC(C)(C)C1CCN(c2ccc([N+](=O)[O-])cc2C#N)C1. The first kappa shape index (κ1) is 14.3. The van der Waals surface area contributed by atoms with E-state index in [0.717, 1.165) is 25.2 Å². The molecular weight excluding hydrogens is 254 g/mol. The number of hydrogen-bond donors (Lipinski definition) is 0. The number of benzene rings is 1. The van der Waals surface area contributed by atoms with Crippen molar-refractivity contribution in [3.05, 3.63) is 33.9 Å². The normalized spacial score (nSPS) is 18.9. The van der Waals surface area contributed by atoms with Gasteiger partial charge in [-0.3, -0.25) is 10.1 Å². The summed E-state index contributed by atoms with van der Waals surface area (Å²) in [4.78, 5) is 12.5. The molecule has 0 spiro atoms. The van der Waals surface area contributed by atoms with Crippen molar-refractivity contribution in [3.8, 4) is 6.07 Å². The fraction of sp³-hybridized carbons (Fsp3) is 0.533. The van der Waals surface area contributed by atoms with E-state index in [2.05, 4.69) is 31.7 Å². The maximum absolute atomic E-state index is 10.8. The fourth-order valence-electron chi connectivity index (χ4n) is 2.69. The monoisotopic (exact) mass is 273 g/mol. The van der Waals surface area contributed by atoms with E-state index in [4.69, 9.17) is 0 Å². The van der Waals surface area contributed by atoms with Crippen LogP contribution in [0.4, 0.5) is 11.4 Å². The molecule has 0 bridgehead atoms. The van der Waals surface area contributed by atoms with Gasteiger partial charge in [0.1, 0.15) is 6.07 Å². The third-order valence-electron chi connectivity index (χ3n) is 4.07. The number of nitrogens with zero attached hydrogens (tertiary/aromatic N) is 3. The average molecular weight is 273 g/mol. The molecule has 1 atom stereocenters. The standard InChI is InChI=1S/C15H19N3O2/c1-15(2,3)12-6-7-17(10-12)14-5-4-13(18(19)20)8-11(14)9-16/h4-5,8,12H,6-7,10H2,1-3H3. The van der Waals surface area contributed by atoms with Gasteiger partial charge in [-0.1, -0.05) is 20.8 Å². The summed E-state index contributed by atoms with van der Waals surface area (Å²) in [7, 11) is 0. The summed E-state index contributed by atoms with van der Waals surface area (Å²) < 4.78 is 0. The Morgan fingerprint density at radius 2 is 2.15 bits per heavy atom. The molecule has 0 amide bonds. The summed E-state index contributed by atoms with van der Waals surface area (Å²) in [5, 5.41) is 20.0. The highest BCUT2D eigenvalue weighted by atomic mass is 16.6. The Kier molecular flexibility index (Phi) is 3.67. The van der Waals surface area contributed by atoms with Crippen LogP contribution in [0, 0.1) is 32.8 Å². The van der Waals surface area contributed by atoms with E-state index < -0.39 is 4.92 Å². The molecule has 2 rings (SSSR count). The largest absolute Gasteiger partial charge is 0.370 e. The molecule has 0 N–H and O–H groups in total. The molecule has 0 aliphatic carbocycles. The van der Waals surface area contributed by atoms with Crippen LogP contribution in [0.5, 0.6) is 0 Å². The quantitative estimate of drug-likeness (QED) is 0.612.